The number of methoxy groups -OCH3 is 1. The van der Waals surface area contributed by atoms with Crippen molar-refractivity contribution in [3.05, 3.63) is 60.0 Å². The van der Waals surface area contributed by atoms with Gasteiger partial charge in [0, 0.05) is 12.3 Å². The summed E-state index contributed by atoms with van der Waals surface area (Å²) >= 11 is 0. The van der Waals surface area contributed by atoms with E-state index in [9.17, 15) is 17.6 Å². The molecule has 3 aromatic heterocycles. The average Bonchev–Trinajstić information content (AvgIpc) is 3.06. The number of hydrogen-bond donors (Lipinski definition) is 0. The van der Waals surface area contributed by atoms with Crippen LogP contribution >= 0.6 is 0 Å². The second-order valence-electron chi connectivity index (χ2n) is 5.74. The van der Waals surface area contributed by atoms with E-state index in [4.69, 9.17) is 4.74 Å². The van der Waals surface area contributed by atoms with E-state index < -0.39 is 17.6 Å². The maximum atomic E-state index is 14.3. The number of pyridine rings is 1. The molecule has 0 amide bonds. The van der Waals surface area contributed by atoms with Gasteiger partial charge in [0.15, 0.2) is 17.5 Å². The first-order valence-corrected chi connectivity index (χ1v) is 7.97. The van der Waals surface area contributed by atoms with Gasteiger partial charge in [-0.25, -0.2) is 14.4 Å². The van der Waals surface area contributed by atoms with Gasteiger partial charge in [-0.15, -0.1) is 10.2 Å². The van der Waals surface area contributed by atoms with Crippen molar-refractivity contribution >= 4 is 11.0 Å². The van der Waals surface area contributed by atoms with E-state index in [0.717, 1.165) is 12.1 Å². The SMILES string of the molecule is COc1ccc(-n2c(-c3ncccc3F)nc3cc(C(F)(F)F)ccc32)nn1. The number of aromatic nitrogens is 5. The van der Waals surface area contributed by atoms with Crippen molar-refractivity contribution < 1.29 is 22.3 Å². The molecule has 0 aliphatic carbocycles. The Hall–Kier alpha value is -3.56. The summed E-state index contributed by atoms with van der Waals surface area (Å²) in [7, 11) is 1.42. The number of alkyl halides is 3. The van der Waals surface area contributed by atoms with E-state index >= 15 is 0 Å². The number of hydrogen-bond acceptors (Lipinski definition) is 5. The van der Waals surface area contributed by atoms with Crippen LogP contribution in [-0.2, 0) is 6.18 Å². The summed E-state index contributed by atoms with van der Waals surface area (Å²) in [6, 6.07) is 8.73. The molecule has 10 heteroatoms. The summed E-state index contributed by atoms with van der Waals surface area (Å²) in [6.45, 7) is 0. The molecule has 142 valence electrons. The zero-order valence-electron chi connectivity index (χ0n) is 14.3. The topological polar surface area (TPSA) is 65.7 Å². The zero-order chi connectivity index (χ0) is 19.9. The summed E-state index contributed by atoms with van der Waals surface area (Å²) in [5.74, 6) is -0.190. The Morgan fingerprint density at radius 1 is 1.04 bits per heavy atom. The van der Waals surface area contributed by atoms with Crippen LogP contribution in [0.1, 0.15) is 5.56 Å². The van der Waals surface area contributed by atoms with Gasteiger partial charge in [0.1, 0.15) is 5.69 Å². The van der Waals surface area contributed by atoms with Crippen LogP contribution in [0.5, 0.6) is 5.88 Å². The lowest BCUT2D eigenvalue weighted by Crippen LogP contribution is -2.05. The molecule has 4 aromatic rings. The summed E-state index contributed by atoms with van der Waals surface area (Å²) in [5, 5.41) is 7.86. The number of nitrogens with zero attached hydrogens (tertiary/aromatic N) is 5. The maximum Gasteiger partial charge on any atom is 0.416 e. The van der Waals surface area contributed by atoms with Crippen LogP contribution < -0.4 is 4.74 Å². The molecular weight excluding hydrogens is 378 g/mol. The Balaban J connectivity index is 2.01. The largest absolute Gasteiger partial charge is 0.480 e. The molecule has 0 bridgehead atoms. The van der Waals surface area contributed by atoms with Crippen molar-refractivity contribution in [3.8, 4) is 23.2 Å². The highest BCUT2D eigenvalue weighted by molar-refractivity contribution is 5.83. The number of imidazole rings is 1. The molecule has 0 saturated carbocycles. The molecule has 6 nitrogen and oxygen atoms in total. The summed E-state index contributed by atoms with van der Waals surface area (Å²) in [4.78, 5) is 8.18. The van der Waals surface area contributed by atoms with Crippen LogP contribution in [0.25, 0.3) is 28.4 Å². The van der Waals surface area contributed by atoms with Gasteiger partial charge in [-0.1, -0.05) is 0 Å². The molecule has 0 atom stereocenters. The van der Waals surface area contributed by atoms with Gasteiger partial charge in [0.25, 0.3) is 0 Å². The molecule has 4 rings (SSSR count). The number of benzene rings is 1. The second-order valence-corrected chi connectivity index (χ2v) is 5.74. The van der Waals surface area contributed by atoms with E-state index in [-0.39, 0.29) is 28.7 Å². The first kappa shape index (κ1) is 17.8. The lowest BCUT2D eigenvalue weighted by Gasteiger charge is -2.09. The van der Waals surface area contributed by atoms with E-state index in [1.54, 1.807) is 0 Å². The fourth-order valence-corrected chi connectivity index (χ4v) is 2.74. The van der Waals surface area contributed by atoms with Crippen LogP contribution in [0.4, 0.5) is 17.6 Å². The standard InChI is InChI=1S/C18H11F4N5O/c1-28-15-7-6-14(25-26-15)27-13-5-4-10(18(20,21)22)9-12(13)24-17(27)16-11(19)3-2-8-23-16/h2-9H,1H3. The van der Waals surface area contributed by atoms with Crippen molar-refractivity contribution in [2.45, 2.75) is 6.18 Å². The van der Waals surface area contributed by atoms with Crippen LogP contribution in [0.3, 0.4) is 0 Å². The highest BCUT2D eigenvalue weighted by Gasteiger charge is 2.31. The lowest BCUT2D eigenvalue weighted by molar-refractivity contribution is -0.137. The zero-order valence-corrected chi connectivity index (χ0v) is 14.3. The predicted molar refractivity (Wildman–Crippen MR) is 91.4 cm³/mol. The molecule has 0 aliphatic rings. The average molecular weight is 389 g/mol. The third kappa shape index (κ3) is 3.02. The van der Waals surface area contributed by atoms with Gasteiger partial charge in [0.2, 0.25) is 5.88 Å². The molecule has 1 aromatic carbocycles. The highest BCUT2D eigenvalue weighted by Crippen LogP contribution is 2.34. The third-order valence-electron chi connectivity index (χ3n) is 4.02. The smallest absolute Gasteiger partial charge is 0.416 e. The van der Waals surface area contributed by atoms with Gasteiger partial charge >= 0.3 is 6.18 Å². The van der Waals surface area contributed by atoms with E-state index in [1.165, 1.54) is 48.2 Å². The minimum Gasteiger partial charge on any atom is -0.480 e. The van der Waals surface area contributed by atoms with Crippen molar-refractivity contribution in [2.75, 3.05) is 7.11 Å². The summed E-state index contributed by atoms with van der Waals surface area (Å²) < 4.78 is 59.9. The molecule has 28 heavy (non-hydrogen) atoms. The van der Waals surface area contributed by atoms with Crippen molar-refractivity contribution in [2.24, 2.45) is 0 Å². The molecule has 0 fully saturated rings. The number of halogens is 4. The van der Waals surface area contributed by atoms with Crippen molar-refractivity contribution in [1.82, 2.24) is 24.7 Å². The van der Waals surface area contributed by atoms with Gasteiger partial charge < -0.3 is 4.74 Å². The van der Waals surface area contributed by atoms with Crippen LogP contribution in [-0.4, -0.2) is 31.8 Å². The number of fused-ring (bicyclic) bond motifs is 1. The van der Waals surface area contributed by atoms with Gasteiger partial charge in [-0.2, -0.15) is 13.2 Å². The van der Waals surface area contributed by atoms with Gasteiger partial charge in [-0.3, -0.25) is 4.57 Å². The molecule has 0 unspecified atom stereocenters. The van der Waals surface area contributed by atoms with Gasteiger partial charge in [-0.05, 0) is 36.4 Å². The Labute approximate surface area is 155 Å². The minimum atomic E-state index is -4.53. The van der Waals surface area contributed by atoms with Crippen molar-refractivity contribution in [3.63, 3.8) is 0 Å². The molecule has 0 N–H and O–H groups in total. The van der Waals surface area contributed by atoms with E-state index in [2.05, 4.69) is 20.2 Å². The van der Waals surface area contributed by atoms with E-state index in [1.807, 2.05) is 0 Å². The normalized spacial score (nSPS) is 11.8. The Bertz CT molecular complexity index is 1160. The molecular formula is C18H11F4N5O. The predicted octanol–water partition coefficient (Wildman–Crippen LogP) is 4.04. The fourth-order valence-electron chi connectivity index (χ4n) is 2.74. The number of ether oxygens (including phenoxy) is 1. The molecule has 0 aliphatic heterocycles. The fraction of sp³-hybridized carbons (Fsp3) is 0.111. The minimum absolute atomic E-state index is 0.00638. The summed E-state index contributed by atoms with van der Waals surface area (Å²) in [6.07, 6.45) is -3.17. The van der Waals surface area contributed by atoms with Crippen molar-refractivity contribution in [1.29, 1.82) is 0 Å². The molecule has 0 radical (unpaired) electrons. The molecule has 3 heterocycles. The molecule has 0 spiro atoms. The Kier molecular flexibility index (Phi) is 4.17. The Morgan fingerprint density at radius 2 is 1.86 bits per heavy atom. The quantitative estimate of drug-likeness (QED) is 0.495. The maximum absolute atomic E-state index is 14.3. The lowest BCUT2D eigenvalue weighted by atomic mass is 10.2. The van der Waals surface area contributed by atoms with Gasteiger partial charge in [0.05, 0.1) is 23.7 Å². The number of rotatable bonds is 3. The first-order valence-electron chi connectivity index (χ1n) is 7.97. The van der Waals surface area contributed by atoms with Crippen LogP contribution in [0.2, 0.25) is 0 Å². The Morgan fingerprint density at radius 3 is 2.50 bits per heavy atom. The van der Waals surface area contributed by atoms with Crippen LogP contribution in [0, 0.1) is 5.82 Å². The van der Waals surface area contributed by atoms with Crippen LogP contribution in [0.15, 0.2) is 48.7 Å². The third-order valence-corrected chi connectivity index (χ3v) is 4.02. The van der Waals surface area contributed by atoms with E-state index in [0.29, 0.717) is 5.52 Å². The monoisotopic (exact) mass is 389 g/mol. The second kappa shape index (κ2) is 6.55. The summed E-state index contributed by atoms with van der Waals surface area (Å²) in [5.41, 5.74) is -0.664. The molecule has 0 saturated heterocycles. The highest BCUT2D eigenvalue weighted by atomic mass is 19.4. The first-order chi connectivity index (χ1) is 13.4.